The molecular weight excluding hydrogens is 374 g/mol. The van der Waals surface area contributed by atoms with Gasteiger partial charge in [0.1, 0.15) is 17.4 Å². The number of aryl methyl sites for hydroxylation is 1. The summed E-state index contributed by atoms with van der Waals surface area (Å²) < 4.78 is 0. The number of benzene rings is 2. The minimum atomic E-state index is 0.238. The number of imidazole rings is 1. The van der Waals surface area contributed by atoms with Gasteiger partial charge in [-0.15, -0.1) is 0 Å². The largest absolute Gasteiger partial charge is 0.510 e. The number of aliphatic hydroxyl groups excluding tert-OH is 1. The number of hydrogen-bond donors (Lipinski definition) is 3. The van der Waals surface area contributed by atoms with Gasteiger partial charge in [0.25, 0.3) is 0 Å². The summed E-state index contributed by atoms with van der Waals surface area (Å²) in [7, 11) is 0. The number of hydrogen-bond acceptors (Lipinski definition) is 4. The van der Waals surface area contributed by atoms with Crippen molar-refractivity contribution in [1.82, 2.24) is 19.8 Å². The Morgan fingerprint density at radius 1 is 1.13 bits per heavy atom. The van der Waals surface area contributed by atoms with Crippen LogP contribution in [0.1, 0.15) is 29.8 Å². The van der Waals surface area contributed by atoms with Crippen molar-refractivity contribution in [2.45, 2.75) is 32.4 Å². The van der Waals surface area contributed by atoms with Crippen LogP contribution in [0.5, 0.6) is 0 Å². The number of H-pyrrole nitrogens is 1. The van der Waals surface area contributed by atoms with E-state index in [2.05, 4.69) is 45.2 Å². The minimum Gasteiger partial charge on any atom is -0.510 e. The van der Waals surface area contributed by atoms with E-state index in [0.717, 1.165) is 49.1 Å². The van der Waals surface area contributed by atoms with Crippen LogP contribution in [0.3, 0.4) is 0 Å². The molecule has 0 bridgehead atoms. The van der Waals surface area contributed by atoms with Crippen molar-refractivity contribution in [3.05, 3.63) is 71.2 Å². The van der Waals surface area contributed by atoms with Crippen LogP contribution in [0.15, 0.2) is 54.3 Å². The zero-order valence-corrected chi connectivity index (χ0v) is 17.2. The molecule has 0 aliphatic carbocycles. The molecule has 1 saturated heterocycles. The van der Waals surface area contributed by atoms with Crippen LogP contribution < -0.4 is 0 Å². The molecule has 2 aliphatic rings. The van der Waals surface area contributed by atoms with E-state index in [1.54, 1.807) is 0 Å². The van der Waals surface area contributed by atoms with Crippen LogP contribution >= 0.6 is 0 Å². The van der Waals surface area contributed by atoms with Crippen LogP contribution in [0.2, 0.25) is 0 Å². The summed E-state index contributed by atoms with van der Waals surface area (Å²) in [5.74, 6) is 1.20. The number of nitrogens with one attached hydrogen (secondary N) is 2. The van der Waals surface area contributed by atoms with E-state index in [-0.39, 0.29) is 11.8 Å². The summed E-state index contributed by atoms with van der Waals surface area (Å²) in [4.78, 5) is 12.4. The Labute approximate surface area is 176 Å². The molecule has 6 nitrogen and oxygen atoms in total. The quantitative estimate of drug-likeness (QED) is 0.615. The standard InChI is InChI=1S/C24H27N5O/c1-16-7-8-19-20(13-16)27-24(26-19)22-21(30)15-29(23(22)25)18-9-11-28(12-10-18)14-17-5-3-2-4-6-17/h2-8,13,18,25,30H,9-12,14-15H2,1H3,(H,26,27). The van der Waals surface area contributed by atoms with Crippen LogP contribution in [-0.2, 0) is 6.54 Å². The predicted molar refractivity (Wildman–Crippen MR) is 120 cm³/mol. The summed E-state index contributed by atoms with van der Waals surface area (Å²) in [6.45, 7) is 5.42. The number of aromatic nitrogens is 2. The van der Waals surface area contributed by atoms with E-state index in [1.807, 2.05) is 30.0 Å². The molecule has 3 heterocycles. The molecule has 0 amide bonds. The third kappa shape index (κ3) is 3.48. The molecule has 2 aliphatic heterocycles. The molecular formula is C24H27N5O. The lowest BCUT2D eigenvalue weighted by Crippen LogP contribution is -2.45. The molecule has 1 fully saturated rings. The first-order chi connectivity index (χ1) is 14.6. The Balaban J connectivity index is 1.27. The van der Waals surface area contributed by atoms with Crippen LogP contribution in [0, 0.1) is 12.3 Å². The van der Waals surface area contributed by atoms with E-state index >= 15 is 0 Å². The number of aromatic amines is 1. The SMILES string of the molecule is Cc1ccc2nc(C3=C(O)CN(C4CCN(Cc5ccccc5)CC4)C3=N)[nH]c2c1. The minimum absolute atomic E-state index is 0.238. The molecule has 2 aromatic carbocycles. The fourth-order valence-corrected chi connectivity index (χ4v) is 4.63. The van der Waals surface area contributed by atoms with Crippen molar-refractivity contribution in [3.8, 4) is 0 Å². The number of aliphatic hydroxyl groups is 1. The van der Waals surface area contributed by atoms with Gasteiger partial charge < -0.3 is 15.0 Å². The highest BCUT2D eigenvalue weighted by molar-refractivity contribution is 6.23. The Kier molecular flexibility index (Phi) is 4.79. The van der Waals surface area contributed by atoms with E-state index in [9.17, 15) is 5.11 Å². The number of nitrogens with zero attached hydrogens (tertiary/aromatic N) is 3. The van der Waals surface area contributed by atoms with Gasteiger partial charge in [0.2, 0.25) is 0 Å². The third-order valence-electron chi connectivity index (χ3n) is 6.25. The van der Waals surface area contributed by atoms with Crippen molar-refractivity contribution < 1.29 is 5.11 Å². The Morgan fingerprint density at radius 2 is 1.90 bits per heavy atom. The third-order valence-corrected chi connectivity index (χ3v) is 6.25. The van der Waals surface area contributed by atoms with Gasteiger partial charge in [-0.3, -0.25) is 10.3 Å². The molecule has 5 rings (SSSR count). The first kappa shape index (κ1) is 18.9. The number of piperidine rings is 1. The number of likely N-dealkylation sites (tertiary alicyclic amines) is 1. The van der Waals surface area contributed by atoms with Gasteiger partial charge >= 0.3 is 0 Å². The summed E-state index contributed by atoms with van der Waals surface area (Å²) in [6.07, 6.45) is 1.99. The first-order valence-electron chi connectivity index (χ1n) is 10.6. The monoisotopic (exact) mass is 401 g/mol. The zero-order chi connectivity index (χ0) is 20.7. The van der Waals surface area contributed by atoms with E-state index in [0.29, 0.717) is 23.8 Å². The Hall–Kier alpha value is -3.12. The van der Waals surface area contributed by atoms with Gasteiger partial charge in [-0.1, -0.05) is 36.4 Å². The fourth-order valence-electron chi connectivity index (χ4n) is 4.63. The normalized spacial score (nSPS) is 18.7. The lowest BCUT2D eigenvalue weighted by molar-refractivity contribution is 0.149. The molecule has 0 radical (unpaired) electrons. The van der Waals surface area contributed by atoms with Gasteiger partial charge in [-0.2, -0.15) is 0 Å². The van der Waals surface area contributed by atoms with Gasteiger partial charge in [0.15, 0.2) is 0 Å². The average molecular weight is 402 g/mol. The van der Waals surface area contributed by atoms with E-state index < -0.39 is 0 Å². The van der Waals surface area contributed by atoms with Crippen molar-refractivity contribution >= 4 is 22.4 Å². The lowest BCUT2D eigenvalue weighted by Gasteiger charge is -2.37. The van der Waals surface area contributed by atoms with Crippen LogP contribution in [-0.4, -0.2) is 56.4 Å². The van der Waals surface area contributed by atoms with Gasteiger partial charge in [-0.05, 0) is 43.0 Å². The Bertz CT molecular complexity index is 1110. The second-order valence-corrected chi connectivity index (χ2v) is 8.40. The number of fused-ring (bicyclic) bond motifs is 1. The van der Waals surface area contributed by atoms with Gasteiger partial charge in [0, 0.05) is 25.7 Å². The highest BCUT2D eigenvalue weighted by Crippen LogP contribution is 2.31. The van der Waals surface area contributed by atoms with Crippen molar-refractivity contribution in [2.75, 3.05) is 19.6 Å². The molecule has 154 valence electrons. The smallest absolute Gasteiger partial charge is 0.145 e. The second kappa shape index (κ2) is 7.61. The maximum Gasteiger partial charge on any atom is 0.145 e. The molecule has 6 heteroatoms. The van der Waals surface area contributed by atoms with Gasteiger partial charge in [-0.25, -0.2) is 4.98 Å². The molecule has 0 unspecified atom stereocenters. The summed E-state index contributed by atoms with van der Waals surface area (Å²) in [5, 5.41) is 19.4. The maximum atomic E-state index is 10.7. The fraction of sp³-hybridized carbons (Fsp3) is 0.333. The van der Waals surface area contributed by atoms with Crippen molar-refractivity contribution in [3.63, 3.8) is 0 Å². The van der Waals surface area contributed by atoms with E-state index in [4.69, 9.17) is 5.41 Å². The van der Waals surface area contributed by atoms with Crippen LogP contribution in [0.4, 0.5) is 0 Å². The van der Waals surface area contributed by atoms with Gasteiger partial charge in [0.05, 0.1) is 23.2 Å². The summed E-state index contributed by atoms with van der Waals surface area (Å²) in [6, 6.07) is 16.9. The lowest BCUT2D eigenvalue weighted by atomic mass is 10.0. The molecule has 3 N–H and O–H groups in total. The Morgan fingerprint density at radius 3 is 2.67 bits per heavy atom. The van der Waals surface area contributed by atoms with Crippen molar-refractivity contribution in [2.24, 2.45) is 0 Å². The summed E-state index contributed by atoms with van der Waals surface area (Å²) in [5.41, 5.74) is 4.82. The number of rotatable bonds is 4. The van der Waals surface area contributed by atoms with Crippen molar-refractivity contribution in [1.29, 1.82) is 5.41 Å². The zero-order valence-electron chi connectivity index (χ0n) is 17.2. The molecule has 0 atom stereocenters. The number of amidine groups is 1. The highest BCUT2D eigenvalue weighted by atomic mass is 16.3. The molecule has 3 aromatic rings. The average Bonchev–Trinajstić information content (AvgIpc) is 3.28. The molecule has 30 heavy (non-hydrogen) atoms. The topological polar surface area (TPSA) is 79.2 Å². The predicted octanol–water partition coefficient (Wildman–Crippen LogP) is 4.10. The molecule has 0 saturated carbocycles. The van der Waals surface area contributed by atoms with E-state index in [1.165, 1.54) is 5.56 Å². The second-order valence-electron chi connectivity index (χ2n) is 8.40. The molecule has 1 aromatic heterocycles. The highest BCUT2D eigenvalue weighted by Gasteiger charge is 2.35. The first-order valence-corrected chi connectivity index (χ1v) is 10.6. The maximum absolute atomic E-state index is 10.7. The van der Waals surface area contributed by atoms with Crippen LogP contribution in [0.25, 0.3) is 16.6 Å². The molecule has 0 spiro atoms. The summed E-state index contributed by atoms with van der Waals surface area (Å²) >= 11 is 0.